The fourth-order valence-corrected chi connectivity index (χ4v) is 2.54. The highest BCUT2D eigenvalue weighted by Gasteiger charge is 2.23. The normalized spacial score (nSPS) is 13.0. The number of amides is 2. The van der Waals surface area contributed by atoms with Gasteiger partial charge < -0.3 is 20.1 Å². The molecule has 2 N–H and O–H groups in total. The van der Waals surface area contributed by atoms with E-state index in [1.54, 1.807) is 44.6 Å². The van der Waals surface area contributed by atoms with Crippen molar-refractivity contribution in [2.24, 2.45) is 0 Å². The van der Waals surface area contributed by atoms with Gasteiger partial charge in [0.1, 0.15) is 0 Å². The maximum absolute atomic E-state index is 12.3. The lowest BCUT2D eigenvalue weighted by atomic mass is 10.1. The number of ether oxygens (including phenoxy) is 2. The van der Waals surface area contributed by atoms with Gasteiger partial charge in [-0.2, -0.15) is 0 Å². The Morgan fingerprint density at radius 2 is 1.54 bits per heavy atom. The molecule has 0 radical (unpaired) electrons. The van der Waals surface area contributed by atoms with Crippen LogP contribution in [0.3, 0.4) is 0 Å². The Bertz CT molecular complexity index is 798. The second-order valence-electron chi connectivity index (χ2n) is 6.20. The third-order valence-corrected chi connectivity index (χ3v) is 4.22. The first-order chi connectivity index (χ1) is 12.6. The molecule has 0 heterocycles. The van der Waals surface area contributed by atoms with Gasteiger partial charge in [0.05, 0.1) is 14.2 Å². The Morgan fingerprint density at radius 1 is 0.923 bits per heavy atom. The Hall–Kier alpha value is -3.02. The molecule has 6 nitrogen and oxygen atoms in total. The van der Waals surface area contributed by atoms with Crippen LogP contribution in [0.5, 0.6) is 11.5 Å². The van der Waals surface area contributed by atoms with Crippen molar-refractivity contribution in [3.05, 3.63) is 59.2 Å². The van der Waals surface area contributed by atoms with Crippen LogP contribution in [0, 0.1) is 0 Å². The molecule has 6 heteroatoms. The fraction of sp³-hybridized carbons (Fsp3) is 0.300. The molecule has 0 spiro atoms. The van der Waals surface area contributed by atoms with Crippen LogP contribution < -0.4 is 20.1 Å². The molecule has 0 aliphatic heterocycles. The molecule has 1 aliphatic rings. The van der Waals surface area contributed by atoms with Crippen molar-refractivity contribution in [1.29, 1.82) is 0 Å². The first-order valence-electron chi connectivity index (χ1n) is 8.50. The van der Waals surface area contributed by atoms with Crippen LogP contribution in [0.4, 0.5) is 0 Å². The second-order valence-corrected chi connectivity index (χ2v) is 6.20. The minimum Gasteiger partial charge on any atom is -0.493 e. The SMILES string of the molecule is COc1ccc(CNC(=O)c2ccc(C(=O)NC3CC3)cc2)cc1OC. The summed E-state index contributed by atoms with van der Waals surface area (Å²) in [4.78, 5) is 24.3. The highest BCUT2D eigenvalue weighted by Crippen LogP contribution is 2.27. The summed E-state index contributed by atoms with van der Waals surface area (Å²) >= 11 is 0. The average molecular weight is 354 g/mol. The summed E-state index contributed by atoms with van der Waals surface area (Å²) in [6.45, 7) is 0.364. The molecule has 0 aromatic heterocycles. The van der Waals surface area contributed by atoms with Crippen molar-refractivity contribution < 1.29 is 19.1 Å². The molecule has 2 amide bonds. The van der Waals surface area contributed by atoms with Crippen LogP contribution in [0.25, 0.3) is 0 Å². The molecule has 2 aromatic carbocycles. The molecule has 1 fully saturated rings. The topological polar surface area (TPSA) is 76.7 Å². The molecule has 2 aromatic rings. The maximum atomic E-state index is 12.3. The summed E-state index contributed by atoms with van der Waals surface area (Å²) in [6.07, 6.45) is 2.09. The second kappa shape index (κ2) is 7.91. The van der Waals surface area contributed by atoms with Crippen LogP contribution in [0.1, 0.15) is 39.1 Å². The number of nitrogens with one attached hydrogen (secondary N) is 2. The summed E-state index contributed by atoms with van der Waals surface area (Å²) in [5.74, 6) is 0.964. The molecule has 26 heavy (non-hydrogen) atoms. The number of rotatable bonds is 7. The van der Waals surface area contributed by atoms with Crippen LogP contribution >= 0.6 is 0 Å². The van der Waals surface area contributed by atoms with E-state index in [9.17, 15) is 9.59 Å². The van der Waals surface area contributed by atoms with Crippen molar-refractivity contribution in [3.63, 3.8) is 0 Å². The quantitative estimate of drug-likeness (QED) is 0.801. The van der Waals surface area contributed by atoms with E-state index in [0.29, 0.717) is 35.2 Å². The van der Waals surface area contributed by atoms with Gasteiger partial charge in [-0.25, -0.2) is 0 Å². The number of benzene rings is 2. The van der Waals surface area contributed by atoms with Crippen molar-refractivity contribution in [2.45, 2.75) is 25.4 Å². The van der Waals surface area contributed by atoms with Crippen molar-refractivity contribution in [3.8, 4) is 11.5 Å². The highest BCUT2D eigenvalue weighted by atomic mass is 16.5. The molecule has 0 saturated heterocycles. The van der Waals surface area contributed by atoms with Gasteiger partial charge in [-0.05, 0) is 54.8 Å². The van der Waals surface area contributed by atoms with Crippen molar-refractivity contribution in [2.75, 3.05) is 14.2 Å². The summed E-state index contributed by atoms with van der Waals surface area (Å²) in [7, 11) is 3.15. The predicted molar refractivity (Wildman–Crippen MR) is 97.6 cm³/mol. The molecule has 3 rings (SSSR count). The summed E-state index contributed by atoms with van der Waals surface area (Å²) in [5, 5.41) is 5.78. The number of carbonyl (C=O) groups excluding carboxylic acids is 2. The van der Waals surface area contributed by atoms with E-state index in [1.165, 1.54) is 0 Å². The first kappa shape index (κ1) is 17.8. The van der Waals surface area contributed by atoms with Crippen LogP contribution in [-0.2, 0) is 6.54 Å². The molecule has 0 unspecified atom stereocenters. The Morgan fingerprint density at radius 3 is 2.12 bits per heavy atom. The van der Waals surface area contributed by atoms with E-state index in [0.717, 1.165) is 18.4 Å². The summed E-state index contributed by atoms with van der Waals surface area (Å²) in [5.41, 5.74) is 1.97. The molecule has 136 valence electrons. The van der Waals surface area contributed by atoms with E-state index in [-0.39, 0.29) is 11.8 Å². The van der Waals surface area contributed by atoms with Gasteiger partial charge in [0, 0.05) is 23.7 Å². The molecule has 1 saturated carbocycles. The number of methoxy groups -OCH3 is 2. The standard InChI is InChI=1S/C20H22N2O4/c1-25-17-10-3-13(11-18(17)26-2)12-21-19(23)14-4-6-15(7-5-14)20(24)22-16-8-9-16/h3-7,10-11,16H,8-9,12H2,1-2H3,(H,21,23)(H,22,24). The Kier molecular flexibility index (Phi) is 5.41. The van der Waals surface area contributed by atoms with Crippen molar-refractivity contribution in [1.82, 2.24) is 10.6 Å². The average Bonchev–Trinajstić information content (AvgIpc) is 3.49. The minimum atomic E-state index is -0.200. The predicted octanol–water partition coefficient (Wildman–Crippen LogP) is 2.53. The Balaban J connectivity index is 1.58. The molecular weight excluding hydrogens is 332 g/mol. The highest BCUT2D eigenvalue weighted by molar-refractivity contribution is 5.98. The number of hydrogen-bond donors (Lipinski definition) is 2. The van der Waals surface area contributed by atoms with E-state index in [4.69, 9.17) is 9.47 Å². The summed E-state index contributed by atoms with van der Waals surface area (Å²) < 4.78 is 10.5. The molecule has 0 bridgehead atoms. The zero-order valence-corrected chi connectivity index (χ0v) is 14.9. The lowest BCUT2D eigenvalue weighted by Gasteiger charge is -2.10. The van der Waals surface area contributed by atoms with Gasteiger partial charge >= 0.3 is 0 Å². The first-order valence-corrected chi connectivity index (χ1v) is 8.50. The minimum absolute atomic E-state index is 0.0928. The third-order valence-electron chi connectivity index (χ3n) is 4.22. The lowest BCUT2D eigenvalue weighted by Crippen LogP contribution is -2.26. The lowest BCUT2D eigenvalue weighted by molar-refractivity contribution is 0.0939. The summed E-state index contributed by atoms with van der Waals surface area (Å²) in [6, 6.07) is 12.5. The van der Waals surface area contributed by atoms with Gasteiger partial charge in [-0.1, -0.05) is 6.07 Å². The van der Waals surface area contributed by atoms with E-state index < -0.39 is 0 Å². The van der Waals surface area contributed by atoms with Crippen LogP contribution in [0.15, 0.2) is 42.5 Å². The van der Waals surface area contributed by atoms with Crippen molar-refractivity contribution >= 4 is 11.8 Å². The largest absolute Gasteiger partial charge is 0.493 e. The zero-order valence-electron chi connectivity index (χ0n) is 14.9. The van der Waals surface area contributed by atoms with E-state index in [1.807, 2.05) is 12.1 Å². The van der Waals surface area contributed by atoms with E-state index in [2.05, 4.69) is 10.6 Å². The fourth-order valence-electron chi connectivity index (χ4n) is 2.54. The van der Waals surface area contributed by atoms with Gasteiger partial charge in [-0.15, -0.1) is 0 Å². The molecule has 1 aliphatic carbocycles. The van der Waals surface area contributed by atoms with Gasteiger partial charge in [0.25, 0.3) is 11.8 Å². The van der Waals surface area contributed by atoms with Crippen LogP contribution in [-0.4, -0.2) is 32.1 Å². The van der Waals surface area contributed by atoms with E-state index >= 15 is 0 Å². The smallest absolute Gasteiger partial charge is 0.251 e. The van der Waals surface area contributed by atoms with Crippen LogP contribution in [0.2, 0.25) is 0 Å². The number of hydrogen-bond acceptors (Lipinski definition) is 4. The third kappa shape index (κ3) is 4.33. The molecular formula is C20H22N2O4. The monoisotopic (exact) mass is 354 g/mol. The zero-order chi connectivity index (χ0) is 18.5. The van der Waals surface area contributed by atoms with Gasteiger partial charge in [-0.3, -0.25) is 9.59 Å². The number of carbonyl (C=O) groups is 2. The Labute approximate surface area is 152 Å². The van der Waals surface area contributed by atoms with Gasteiger partial charge in [0.2, 0.25) is 0 Å². The molecule has 0 atom stereocenters. The van der Waals surface area contributed by atoms with Gasteiger partial charge in [0.15, 0.2) is 11.5 Å². The maximum Gasteiger partial charge on any atom is 0.251 e.